The summed E-state index contributed by atoms with van der Waals surface area (Å²) in [6.45, 7) is 0. The molecule has 0 fully saturated rings. The topological polar surface area (TPSA) is 15.7 Å². The van der Waals surface area contributed by atoms with Gasteiger partial charge in [0.15, 0.2) is 0 Å². The first-order chi connectivity index (χ1) is 9.97. The van der Waals surface area contributed by atoms with Crippen molar-refractivity contribution in [1.82, 2.24) is 4.90 Å². The van der Waals surface area contributed by atoms with Crippen LogP contribution in [0, 0.1) is 0 Å². The Hall–Kier alpha value is -1.71. The van der Waals surface area contributed by atoms with Crippen molar-refractivity contribution in [2.45, 2.75) is 6.04 Å². The van der Waals surface area contributed by atoms with Crippen molar-refractivity contribution in [1.29, 1.82) is 0 Å². The van der Waals surface area contributed by atoms with Crippen LogP contribution in [0.15, 0.2) is 47.8 Å². The number of allylic oxidation sites excluding steroid dienone is 1. The summed E-state index contributed by atoms with van der Waals surface area (Å²) in [5, 5.41) is 0.751. The van der Waals surface area contributed by atoms with Crippen molar-refractivity contribution in [3.05, 3.63) is 53.3 Å². The number of fused-ring (bicyclic) bond motifs is 2. The molecule has 0 bridgehead atoms. The normalized spacial score (nSPS) is 19.9. The van der Waals surface area contributed by atoms with Gasteiger partial charge in [-0.05, 0) is 32.3 Å². The molecule has 0 saturated carbocycles. The summed E-state index contributed by atoms with van der Waals surface area (Å²) < 4.78 is 6.09. The first-order valence-electron chi connectivity index (χ1n) is 6.93. The Morgan fingerprint density at radius 1 is 1.14 bits per heavy atom. The second-order valence-corrected chi connectivity index (χ2v) is 6.13. The molecular weight excluding hydrogens is 284 g/mol. The smallest absolute Gasteiger partial charge is 0.138 e. The Morgan fingerprint density at radius 3 is 2.57 bits per heavy atom. The Bertz CT molecular complexity index is 671. The van der Waals surface area contributed by atoms with Crippen LogP contribution in [-0.2, 0) is 0 Å². The monoisotopic (exact) mass is 302 g/mol. The molecule has 3 nitrogen and oxygen atoms in total. The second kappa shape index (κ2) is 5.24. The van der Waals surface area contributed by atoms with Gasteiger partial charge in [0.05, 0.1) is 5.03 Å². The molecule has 4 heteroatoms. The number of rotatable bonds is 2. The molecule has 1 aliphatic heterocycles. The minimum Gasteiger partial charge on any atom is -0.456 e. The standard InChI is InChI=1S/C17H19ClN2O/c1-19(2)11-5-7-13-15(9-11)21-16-10-12(20(3)4)6-8-14(16)17(13)18/h5-11H,1-4H3. The molecule has 0 amide bonds. The van der Waals surface area contributed by atoms with Crippen molar-refractivity contribution < 1.29 is 4.74 Å². The lowest BCUT2D eigenvalue weighted by atomic mass is 9.98. The SMILES string of the molecule is CN(C)c1ccc2c(c1)OC1=CC(N(C)C)C=CC1=C2Cl. The summed E-state index contributed by atoms with van der Waals surface area (Å²) in [4.78, 5) is 4.18. The van der Waals surface area contributed by atoms with Gasteiger partial charge in [-0.15, -0.1) is 0 Å². The molecule has 1 aliphatic carbocycles. The van der Waals surface area contributed by atoms with Gasteiger partial charge in [-0.2, -0.15) is 0 Å². The minimum atomic E-state index is 0.229. The summed E-state index contributed by atoms with van der Waals surface area (Å²) in [6.07, 6.45) is 6.28. The fraction of sp³-hybridized carbons (Fsp3) is 0.294. The van der Waals surface area contributed by atoms with Gasteiger partial charge in [0.25, 0.3) is 0 Å². The van der Waals surface area contributed by atoms with Gasteiger partial charge >= 0.3 is 0 Å². The van der Waals surface area contributed by atoms with Crippen molar-refractivity contribution >= 4 is 22.3 Å². The zero-order valence-electron chi connectivity index (χ0n) is 12.7. The predicted octanol–water partition coefficient (Wildman–Crippen LogP) is 3.48. The summed E-state index contributed by atoms with van der Waals surface area (Å²) in [7, 11) is 8.11. The molecule has 0 radical (unpaired) electrons. The molecule has 1 aromatic rings. The molecular formula is C17H19ClN2O. The summed E-state index contributed by atoms with van der Waals surface area (Å²) in [5.41, 5.74) is 3.00. The minimum absolute atomic E-state index is 0.229. The number of halogens is 1. The Balaban J connectivity index is 2.07. The second-order valence-electron chi connectivity index (χ2n) is 5.75. The summed E-state index contributed by atoms with van der Waals surface area (Å²) in [5.74, 6) is 1.65. The van der Waals surface area contributed by atoms with E-state index in [4.69, 9.17) is 16.3 Å². The highest BCUT2D eigenvalue weighted by atomic mass is 35.5. The van der Waals surface area contributed by atoms with E-state index >= 15 is 0 Å². The van der Waals surface area contributed by atoms with Crippen LogP contribution in [-0.4, -0.2) is 39.1 Å². The van der Waals surface area contributed by atoms with Crippen LogP contribution in [0.3, 0.4) is 0 Å². The maximum absolute atomic E-state index is 6.56. The van der Waals surface area contributed by atoms with Crippen LogP contribution in [0.2, 0.25) is 0 Å². The molecule has 110 valence electrons. The number of ether oxygens (including phenoxy) is 1. The van der Waals surface area contributed by atoms with E-state index in [1.54, 1.807) is 0 Å². The quantitative estimate of drug-likeness (QED) is 0.832. The highest BCUT2D eigenvalue weighted by Gasteiger charge is 2.26. The molecule has 0 spiro atoms. The van der Waals surface area contributed by atoms with Crippen LogP contribution < -0.4 is 9.64 Å². The third-order valence-electron chi connectivity index (χ3n) is 3.82. The molecule has 1 atom stereocenters. The third-order valence-corrected chi connectivity index (χ3v) is 4.23. The highest BCUT2D eigenvalue weighted by Crippen LogP contribution is 2.43. The van der Waals surface area contributed by atoms with E-state index in [1.165, 1.54) is 0 Å². The molecule has 21 heavy (non-hydrogen) atoms. The number of benzene rings is 1. The number of hydrogen-bond donors (Lipinski definition) is 0. The lowest BCUT2D eigenvalue weighted by Crippen LogP contribution is -2.27. The van der Waals surface area contributed by atoms with E-state index in [0.29, 0.717) is 0 Å². The average Bonchev–Trinajstić information content (AvgIpc) is 2.46. The molecule has 1 aromatic carbocycles. The summed E-state index contributed by atoms with van der Waals surface area (Å²) >= 11 is 6.56. The van der Waals surface area contributed by atoms with Crippen LogP contribution >= 0.6 is 11.6 Å². The number of hydrogen-bond acceptors (Lipinski definition) is 3. The third kappa shape index (κ3) is 2.47. The van der Waals surface area contributed by atoms with E-state index in [9.17, 15) is 0 Å². The van der Waals surface area contributed by atoms with Crippen LogP contribution in [0.1, 0.15) is 5.56 Å². The number of likely N-dealkylation sites (N-methyl/N-ethyl adjacent to an activating group) is 1. The van der Waals surface area contributed by atoms with Gasteiger partial charge in [-0.1, -0.05) is 23.8 Å². The van der Waals surface area contributed by atoms with Crippen LogP contribution in [0.5, 0.6) is 5.75 Å². The fourth-order valence-electron chi connectivity index (χ4n) is 2.49. The maximum Gasteiger partial charge on any atom is 0.138 e. The largest absolute Gasteiger partial charge is 0.456 e. The van der Waals surface area contributed by atoms with E-state index < -0.39 is 0 Å². The van der Waals surface area contributed by atoms with Gasteiger partial charge in [0.2, 0.25) is 0 Å². The zero-order valence-corrected chi connectivity index (χ0v) is 13.5. The van der Waals surface area contributed by atoms with E-state index in [2.05, 4.69) is 28.0 Å². The van der Waals surface area contributed by atoms with E-state index in [-0.39, 0.29) is 6.04 Å². The van der Waals surface area contributed by atoms with Crippen molar-refractivity contribution in [3.63, 3.8) is 0 Å². The lowest BCUT2D eigenvalue weighted by Gasteiger charge is -2.28. The highest BCUT2D eigenvalue weighted by molar-refractivity contribution is 6.50. The molecule has 1 heterocycles. The van der Waals surface area contributed by atoms with Gasteiger partial charge < -0.3 is 9.64 Å². The van der Waals surface area contributed by atoms with Gasteiger partial charge in [0.1, 0.15) is 11.5 Å². The number of anilines is 1. The Labute approximate surface area is 130 Å². The summed E-state index contributed by atoms with van der Waals surface area (Å²) in [6, 6.07) is 6.32. The average molecular weight is 303 g/mol. The van der Waals surface area contributed by atoms with Gasteiger partial charge in [-0.25, -0.2) is 0 Å². The molecule has 3 rings (SSSR count). The predicted molar refractivity (Wildman–Crippen MR) is 88.9 cm³/mol. The fourth-order valence-corrected chi connectivity index (χ4v) is 2.80. The lowest BCUT2D eigenvalue weighted by molar-refractivity contribution is 0.368. The van der Waals surface area contributed by atoms with Crippen molar-refractivity contribution in [2.24, 2.45) is 0 Å². The van der Waals surface area contributed by atoms with E-state index in [0.717, 1.165) is 33.4 Å². The first-order valence-corrected chi connectivity index (χ1v) is 7.31. The Morgan fingerprint density at radius 2 is 1.90 bits per heavy atom. The molecule has 0 aromatic heterocycles. The number of nitrogens with zero attached hydrogens (tertiary/aromatic N) is 2. The van der Waals surface area contributed by atoms with Crippen molar-refractivity contribution in [3.8, 4) is 5.75 Å². The van der Waals surface area contributed by atoms with Crippen molar-refractivity contribution in [2.75, 3.05) is 33.1 Å². The zero-order chi connectivity index (χ0) is 15.1. The van der Waals surface area contributed by atoms with Crippen LogP contribution in [0.25, 0.3) is 5.03 Å². The molecule has 1 unspecified atom stereocenters. The van der Waals surface area contributed by atoms with Gasteiger partial charge in [0, 0.05) is 43.0 Å². The molecule has 2 aliphatic rings. The maximum atomic E-state index is 6.56. The van der Waals surface area contributed by atoms with E-state index in [1.807, 2.05) is 46.4 Å². The Kier molecular flexibility index (Phi) is 3.56. The first kappa shape index (κ1) is 14.2. The molecule has 0 N–H and O–H groups in total. The molecule has 0 saturated heterocycles. The van der Waals surface area contributed by atoms with Gasteiger partial charge in [-0.3, -0.25) is 4.90 Å². The van der Waals surface area contributed by atoms with Crippen LogP contribution in [0.4, 0.5) is 5.69 Å².